The quantitative estimate of drug-likeness (QED) is 0.608. The molecular formula is C19H27F3N4O3. The first-order chi connectivity index (χ1) is 13.5. The molecule has 0 bridgehead atoms. The number of hydrogen-bond acceptors (Lipinski definition) is 4. The smallest absolute Gasteiger partial charge is 0.343 e. The Hall–Kier alpha value is -2.36. The van der Waals surface area contributed by atoms with Gasteiger partial charge in [-0.15, -0.1) is 0 Å². The minimum atomic E-state index is -4.41. The van der Waals surface area contributed by atoms with E-state index in [2.05, 4.69) is 10.6 Å². The topological polar surface area (TPSA) is 105 Å². The highest BCUT2D eigenvalue weighted by Crippen LogP contribution is 2.31. The molecule has 7 nitrogen and oxygen atoms in total. The number of hydrogen-bond donors (Lipinski definition) is 3. The van der Waals surface area contributed by atoms with Gasteiger partial charge in [0.05, 0.1) is 6.04 Å². The van der Waals surface area contributed by atoms with E-state index >= 15 is 0 Å². The number of nitrogens with two attached hydrogens (primary N) is 1. The molecule has 0 radical (unpaired) electrons. The summed E-state index contributed by atoms with van der Waals surface area (Å²) in [6.07, 6.45) is 0.189. The van der Waals surface area contributed by atoms with Gasteiger partial charge in [0.2, 0.25) is 11.8 Å². The second-order valence-corrected chi connectivity index (χ2v) is 7.50. The van der Waals surface area contributed by atoms with Gasteiger partial charge in [-0.25, -0.2) is 0 Å². The molecular weight excluding hydrogens is 389 g/mol. The molecule has 0 aromatic rings. The zero-order valence-electron chi connectivity index (χ0n) is 16.5. The first kappa shape index (κ1) is 22.9. The average Bonchev–Trinajstić information content (AvgIpc) is 2.77. The largest absolute Gasteiger partial charge is 0.389 e. The van der Waals surface area contributed by atoms with Gasteiger partial charge in [0, 0.05) is 20.0 Å². The van der Waals surface area contributed by atoms with Crippen LogP contribution in [0.2, 0.25) is 0 Å². The van der Waals surface area contributed by atoms with Crippen LogP contribution in [0.5, 0.6) is 0 Å². The molecule has 0 aromatic carbocycles. The number of rotatable bonds is 6. The zero-order valence-corrected chi connectivity index (χ0v) is 16.5. The van der Waals surface area contributed by atoms with Crippen LogP contribution >= 0.6 is 0 Å². The van der Waals surface area contributed by atoms with Gasteiger partial charge in [-0.05, 0) is 44.1 Å². The van der Waals surface area contributed by atoms with Gasteiger partial charge in [-0.3, -0.25) is 14.4 Å². The first-order valence-electron chi connectivity index (χ1n) is 9.59. The van der Waals surface area contributed by atoms with Crippen LogP contribution in [-0.2, 0) is 14.4 Å². The minimum absolute atomic E-state index is 0.157. The van der Waals surface area contributed by atoms with E-state index in [4.69, 9.17) is 5.73 Å². The summed E-state index contributed by atoms with van der Waals surface area (Å²) in [7, 11) is 1.65. The third-order valence-electron chi connectivity index (χ3n) is 5.16. The normalized spacial score (nSPS) is 21.9. The molecule has 0 saturated heterocycles. The monoisotopic (exact) mass is 416 g/mol. The number of allylic oxidation sites excluding steroid dienone is 3. The summed E-state index contributed by atoms with van der Waals surface area (Å²) >= 11 is 0. The van der Waals surface area contributed by atoms with Gasteiger partial charge < -0.3 is 21.3 Å². The Labute approximate surface area is 167 Å². The molecule has 162 valence electrons. The zero-order chi connectivity index (χ0) is 21.8. The number of carbonyl (C=O) groups is 3. The molecule has 1 aliphatic carbocycles. The molecule has 1 heterocycles. The number of halogens is 3. The average molecular weight is 416 g/mol. The van der Waals surface area contributed by atoms with Crippen LogP contribution in [0, 0.1) is 5.92 Å². The van der Waals surface area contributed by atoms with Crippen molar-refractivity contribution in [1.29, 1.82) is 0 Å². The summed E-state index contributed by atoms with van der Waals surface area (Å²) in [6.45, 7) is 1.95. The number of nitrogens with one attached hydrogen (secondary N) is 2. The van der Waals surface area contributed by atoms with Gasteiger partial charge in [-0.2, -0.15) is 13.2 Å². The lowest BCUT2D eigenvalue weighted by Gasteiger charge is -2.22. The maximum Gasteiger partial charge on any atom is 0.389 e. The van der Waals surface area contributed by atoms with E-state index in [0.717, 1.165) is 24.8 Å². The molecule has 0 fully saturated rings. The van der Waals surface area contributed by atoms with Crippen molar-refractivity contribution in [2.45, 2.75) is 57.3 Å². The standard InChI is InChI=1S/C19H27F3N4O3/c1-11(24-17(28)14(23)7-9-19(20,21)22)16(27)25-15-13-6-4-3-5-12(13)8-10-26(2)18(15)29/h4,6,11-12,14H,3,5,7-10,23H2,1-2H3,(H,24,28)(H,25,27)/t11-,12?,14-/m0/s1. The molecule has 29 heavy (non-hydrogen) atoms. The predicted octanol–water partition coefficient (Wildman–Crippen LogP) is 1.36. The van der Waals surface area contributed by atoms with Crippen LogP contribution in [0.25, 0.3) is 0 Å². The first-order valence-corrected chi connectivity index (χ1v) is 9.59. The molecule has 2 aliphatic rings. The molecule has 10 heteroatoms. The molecule has 4 N–H and O–H groups in total. The van der Waals surface area contributed by atoms with E-state index in [9.17, 15) is 27.6 Å². The van der Waals surface area contributed by atoms with Crippen LogP contribution < -0.4 is 16.4 Å². The molecule has 3 atom stereocenters. The molecule has 3 amide bonds. The maximum atomic E-state index is 12.7. The molecule has 1 aliphatic heterocycles. The molecule has 0 spiro atoms. The maximum absolute atomic E-state index is 12.7. The Morgan fingerprint density at radius 2 is 2.00 bits per heavy atom. The Bertz CT molecular complexity index is 718. The lowest BCUT2D eigenvalue weighted by atomic mass is 9.86. The highest BCUT2D eigenvalue weighted by molar-refractivity contribution is 6.00. The third kappa shape index (κ3) is 6.31. The summed E-state index contributed by atoms with van der Waals surface area (Å²) in [5.41, 5.74) is 6.42. The molecule has 0 saturated carbocycles. The summed E-state index contributed by atoms with van der Waals surface area (Å²) in [6, 6.07) is -2.45. The van der Waals surface area contributed by atoms with Gasteiger partial charge in [0.25, 0.3) is 5.91 Å². The van der Waals surface area contributed by atoms with Crippen molar-refractivity contribution in [1.82, 2.24) is 15.5 Å². The predicted molar refractivity (Wildman–Crippen MR) is 100 cm³/mol. The number of nitrogens with zero attached hydrogens (tertiary/aromatic N) is 1. The summed E-state index contributed by atoms with van der Waals surface area (Å²) in [5, 5.41) is 4.91. The van der Waals surface area contributed by atoms with E-state index < -0.39 is 42.9 Å². The summed E-state index contributed by atoms with van der Waals surface area (Å²) in [5.74, 6) is -1.65. The summed E-state index contributed by atoms with van der Waals surface area (Å²) < 4.78 is 36.8. The fourth-order valence-electron chi connectivity index (χ4n) is 3.35. The van der Waals surface area contributed by atoms with Gasteiger partial charge in [0.1, 0.15) is 11.7 Å². The Morgan fingerprint density at radius 3 is 2.66 bits per heavy atom. The third-order valence-corrected chi connectivity index (χ3v) is 5.16. The second kappa shape index (κ2) is 9.43. The lowest BCUT2D eigenvalue weighted by Crippen LogP contribution is -2.51. The summed E-state index contributed by atoms with van der Waals surface area (Å²) in [4.78, 5) is 38.7. The number of amides is 3. The highest BCUT2D eigenvalue weighted by atomic mass is 19.4. The number of likely N-dealkylation sites (N-methyl/N-ethyl adjacent to an activating group) is 1. The number of carbonyl (C=O) groups excluding carboxylic acids is 3. The number of alkyl halides is 3. The van der Waals surface area contributed by atoms with Crippen molar-refractivity contribution in [3.05, 3.63) is 23.4 Å². The van der Waals surface area contributed by atoms with Crippen molar-refractivity contribution in [3.8, 4) is 0 Å². The number of fused-ring (bicyclic) bond motifs is 1. The highest BCUT2D eigenvalue weighted by Gasteiger charge is 2.32. The van der Waals surface area contributed by atoms with Crippen molar-refractivity contribution in [3.63, 3.8) is 0 Å². The fraction of sp³-hybridized carbons (Fsp3) is 0.632. The van der Waals surface area contributed by atoms with Crippen molar-refractivity contribution >= 4 is 17.7 Å². The lowest BCUT2D eigenvalue weighted by molar-refractivity contribution is -0.139. The van der Waals surface area contributed by atoms with Crippen LogP contribution in [0.4, 0.5) is 13.2 Å². The van der Waals surface area contributed by atoms with E-state index in [0.29, 0.717) is 6.54 Å². The minimum Gasteiger partial charge on any atom is -0.343 e. The van der Waals surface area contributed by atoms with Crippen LogP contribution in [0.3, 0.4) is 0 Å². The Morgan fingerprint density at radius 1 is 1.31 bits per heavy atom. The Kier molecular flexibility index (Phi) is 7.45. The van der Waals surface area contributed by atoms with Crippen molar-refractivity contribution < 1.29 is 27.6 Å². The van der Waals surface area contributed by atoms with Crippen molar-refractivity contribution in [2.75, 3.05) is 13.6 Å². The van der Waals surface area contributed by atoms with E-state index in [1.54, 1.807) is 7.05 Å². The fourth-order valence-corrected chi connectivity index (χ4v) is 3.35. The molecule has 0 aromatic heterocycles. The van der Waals surface area contributed by atoms with Crippen LogP contribution in [0.1, 0.15) is 39.0 Å². The van der Waals surface area contributed by atoms with Gasteiger partial charge in [0.15, 0.2) is 0 Å². The van der Waals surface area contributed by atoms with E-state index in [1.807, 2.05) is 12.2 Å². The van der Waals surface area contributed by atoms with Crippen LogP contribution in [-0.4, -0.2) is 54.5 Å². The van der Waals surface area contributed by atoms with E-state index in [-0.39, 0.29) is 17.5 Å². The van der Waals surface area contributed by atoms with Gasteiger partial charge in [-0.1, -0.05) is 12.2 Å². The molecule has 2 rings (SSSR count). The molecule has 1 unspecified atom stereocenters. The second-order valence-electron chi connectivity index (χ2n) is 7.50. The SMILES string of the molecule is C[C@H](NC(=O)[C@@H](N)CCC(F)(F)F)C(=O)NC1=C2C=CCCC2CCN(C)C1=O. The van der Waals surface area contributed by atoms with Crippen molar-refractivity contribution in [2.24, 2.45) is 11.7 Å². The van der Waals surface area contributed by atoms with E-state index in [1.165, 1.54) is 11.8 Å². The Balaban J connectivity index is 2.04. The van der Waals surface area contributed by atoms with Gasteiger partial charge >= 0.3 is 6.18 Å². The van der Waals surface area contributed by atoms with Crippen LogP contribution in [0.15, 0.2) is 23.4 Å².